The summed E-state index contributed by atoms with van der Waals surface area (Å²) >= 11 is 5.83. The maximum atomic E-state index is 12.8. The van der Waals surface area contributed by atoms with Crippen LogP contribution in [0.25, 0.3) is 0 Å². The number of ether oxygens (including phenoxy) is 1. The monoisotopic (exact) mass is 364 g/mol. The lowest BCUT2D eigenvalue weighted by Crippen LogP contribution is -2.39. The van der Waals surface area contributed by atoms with Gasteiger partial charge in [-0.3, -0.25) is 9.59 Å². The summed E-state index contributed by atoms with van der Waals surface area (Å²) in [6, 6.07) is 12.1. The van der Waals surface area contributed by atoms with Crippen molar-refractivity contribution in [2.45, 2.75) is 0 Å². The highest BCUT2D eigenvalue weighted by molar-refractivity contribution is 6.30. The summed E-state index contributed by atoms with van der Waals surface area (Å²) in [6.07, 6.45) is 0. The normalized spacial score (nSPS) is 10.2. The van der Waals surface area contributed by atoms with Gasteiger partial charge in [0.2, 0.25) is 5.91 Å². The van der Waals surface area contributed by atoms with Crippen LogP contribution in [0, 0.1) is 5.82 Å². The molecule has 0 radical (unpaired) electrons. The van der Waals surface area contributed by atoms with Gasteiger partial charge in [0.15, 0.2) is 0 Å². The van der Waals surface area contributed by atoms with E-state index < -0.39 is 0 Å². The minimum Gasteiger partial charge on any atom is -0.492 e. The first kappa shape index (κ1) is 18.7. The van der Waals surface area contributed by atoms with Gasteiger partial charge in [-0.25, -0.2) is 4.39 Å². The molecule has 2 aromatic carbocycles. The Labute approximate surface area is 150 Å². The van der Waals surface area contributed by atoms with Gasteiger partial charge in [0.1, 0.15) is 18.2 Å². The fraction of sp³-hybridized carbons (Fsp3) is 0.222. The standard InChI is InChI=1S/C18H18ClFN2O3/c1-22(9-10-25-16-7-5-15(20)6-8-16)17(23)12-21-18(24)13-3-2-4-14(19)11-13/h2-8,11H,9-10,12H2,1H3,(H,21,24). The summed E-state index contributed by atoms with van der Waals surface area (Å²) in [5, 5.41) is 3.00. The molecule has 5 nitrogen and oxygen atoms in total. The topological polar surface area (TPSA) is 58.6 Å². The number of rotatable bonds is 7. The van der Waals surface area contributed by atoms with E-state index in [1.165, 1.54) is 35.2 Å². The Bertz CT molecular complexity index is 737. The molecule has 132 valence electrons. The van der Waals surface area contributed by atoms with Crippen LogP contribution in [0.15, 0.2) is 48.5 Å². The Balaban J connectivity index is 1.72. The van der Waals surface area contributed by atoms with E-state index in [0.717, 1.165) is 0 Å². The van der Waals surface area contributed by atoms with Crippen LogP contribution in [-0.4, -0.2) is 43.5 Å². The molecule has 0 unspecified atom stereocenters. The lowest BCUT2D eigenvalue weighted by atomic mass is 10.2. The van der Waals surface area contributed by atoms with Crippen molar-refractivity contribution in [3.8, 4) is 5.75 Å². The molecule has 2 amide bonds. The summed E-state index contributed by atoms with van der Waals surface area (Å²) in [4.78, 5) is 25.4. The zero-order valence-corrected chi connectivity index (χ0v) is 14.4. The van der Waals surface area contributed by atoms with Crippen LogP contribution in [0.1, 0.15) is 10.4 Å². The van der Waals surface area contributed by atoms with Crippen molar-refractivity contribution in [1.29, 1.82) is 0 Å². The van der Waals surface area contributed by atoms with Gasteiger partial charge in [-0.05, 0) is 42.5 Å². The zero-order valence-electron chi connectivity index (χ0n) is 13.7. The molecule has 0 aliphatic rings. The Morgan fingerprint density at radius 3 is 2.60 bits per heavy atom. The molecule has 0 fully saturated rings. The average Bonchev–Trinajstić information content (AvgIpc) is 2.61. The van der Waals surface area contributed by atoms with E-state index in [1.54, 1.807) is 25.2 Å². The minimum absolute atomic E-state index is 0.127. The fourth-order valence-electron chi connectivity index (χ4n) is 1.98. The molecule has 1 N–H and O–H groups in total. The molecule has 0 bridgehead atoms. The van der Waals surface area contributed by atoms with Gasteiger partial charge in [-0.1, -0.05) is 17.7 Å². The third-order valence-electron chi connectivity index (χ3n) is 3.42. The van der Waals surface area contributed by atoms with Gasteiger partial charge in [-0.15, -0.1) is 0 Å². The van der Waals surface area contributed by atoms with Crippen LogP contribution in [-0.2, 0) is 4.79 Å². The van der Waals surface area contributed by atoms with Crippen LogP contribution in [0.4, 0.5) is 4.39 Å². The first-order chi connectivity index (χ1) is 12.0. The molecule has 0 atom stereocenters. The first-order valence-corrected chi connectivity index (χ1v) is 7.99. The van der Waals surface area contributed by atoms with Crippen molar-refractivity contribution in [2.24, 2.45) is 0 Å². The molecule has 0 aromatic heterocycles. The Morgan fingerprint density at radius 1 is 1.20 bits per heavy atom. The zero-order chi connectivity index (χ0) is 18.2. The third kappa shape index (κ3) is 6.08. The second kappa shape index (κ2) is 9.03. The number of hydrogen-bond acceptors (Lipinski definition) is 3. The molecule has 0 saturated heterocycles. The third-order valence-corrected chi connectivity index (χ3v) is 3.66. The van der Waals surface area contributed by atoms with Gasteiger partial charge >= 0.3 is 0 Å². The molecule has 7 heteroatoms. The minimum atomic E-state index is -0.369. The van der Waals surface area contributed by atoms with E-state index in [2.05, 4.69) is 5.32 Å². The second-order valence-corrected chi connectivity index (χ2v) is 5.75. The molecular weight excluding hydrogens is 347 g/mol. The number of hydrogen-bond donors (Lipinski definition) is 1. The molecular formula is C18H18ClFN2O3. The molecule has 0 aliphatic heterocycles. The number of carbonyl (C=O) groups is 2. The highest BCUT2D eigenvalue weighted by Crippen LogP contribution is 2.11. The second-order valence-electron chi connectivity index (χ2n) is 5.31. The van der Waals surface area contributed by atoms with Gasteiger partial charge in [0, 0.05) is 17.6 Å². The van der Waals surface area contributed by atoms with Gasteiger partial charge in [0.05, 0.1) is 13.1 Å². The largest absolute Gasteiger partial charge is 0.492 e. The van der Waals surface area contributed by atoms with Crippen molar-refractivity contribution >= 4 is 23.4 Å². The molecule has 0 aliphatic carbocycles. The molecule has 0 saturated carbocycles. The number of nitrogens with one attached hydrogen (secondary N) is 1. The van der Waals surface area contributed by atoms with Crippen LogP contribution < -0.4 is 10.1 Å². The molecule has 0 heterocycles. The number of amides is 2. The summed E-state index contributed by atoms with van der Waals surface area (Å²) in [7, 11) is 1.61. The van der Waals surface area contributed by atoms with Crippen LogP contribution in [0.5, 0.6) is 5.75 Å². The SMILES string of the molecule is CN(CCOc1ccc(F)cc1)C(=O)CNC(=O)c1cccc(Cl)c1. The predicted molar refractivity (Wildman–Crippen MR) is 93.3 cm³/mol. The van der Waals surface area contributed by atoms with Crippen LogP contribution in [0.3, 0.4) is 0 Å². The highest BCUT2D eigenvalue weighted by atomic mass is 35.5. The Hall–Kier alpha value is -2.60. The van der Waals surface area contributed by atoms with E-state index in [0.29, 0.717) is 22.9 Å². The molecule has 0 spiro atoms. The summed E-state index contributed by atoms with van der Waals surface area (Å²) < 4.78 is 18.2. The quantitative estimate of drug-likeness (QED) is 0.821. The van der Waals surface area contributed by atoms with Crippen molar-refractivity contribution < 1.29 is 18.7 Å². The number of nitrogens with zero attached hydrogens (tertiary/aromatic N) is 1. The Kier molecular flexibility index (Phi) is 6.77. The summed E-state index contributed by atoms with van der Waals surface area (Å²) in [5.74, 6) is -0.434. The van der Waals surface area contributed by atoms with Crippen molar-refractivity contribution in [3.05, 3.63) is 64.9 Å². The average molecular weight is 365 g/mol. The predicted octanol–water partition coefficient (Wildman–Crippen LogP) is 2.75. The van der Waals surface area contributed by atoms with E-state index in [1.807, 2.05) is 0 Å². The van der Waals surface area contributed by atoms with E-state index in [-0.39, 0.29) is 30.8 Å². The number of carbonyl (C=O) groups excluding carboxylic acids is 2. The fourth-order valence-corrected chi connectivity index (χ4v) is 2.17. The van der Waals surface area contributed by atoms with Crippen LogP contribution >= 0.6 is 11.6 Å². The maximum Gasteiger partial charge on any atom is 0.251 e. The molecule has 25 heavy (non-hydrogen) atoms. The van der Waals surface area contributed by atoms with Crippen molar-refractivity contribution in [2.75, 3.05) is 26.7 Å². The van der Waals surface area contributed by atoms with Crippen LogP contribution in [0.2, 0.25) is 5.02 Å². The highest BCUT2D eigenvalue weighted by Gasteiger charge is 2.12. The van der Waals surface area contributed by atoms with Gasteiger partial charge in [0.25, 0.3) is 5.91 Å². The Morgan fingerprint density at radius 2 is 1.92 bits per heavy atom. The number of halogens is 2. The van der Waals surface area contributed by atoms with Crippen molar-refractivity contribution in [3.63, 3.8) is 0 Å². The maximum absolute atomic E-state index is 12.8. The lowest BCUT2D eigenvalue weighted by Gasteiger charge is -2.18. The summed E-state index contributed by atoms with van der Waals surface area (Å²) in [5.41, 5.74) is 0.391. The number of likely N-dealkylation sites (N-methyl/N-ethyl adjacent to an activating group) is 1. The van der Waals surface area contributed by atoms with E-state index in [9.17, 15) is 14.0 Å². The van der Waals surface area contributed by atoms with E-state index >= 15 is 0 Å². The number of benzene rings is 2. The van der Waals surface area contributed by atoms with Gasteiger partial charge < -0.3 is 15.0 Å². The van der Waals surface area contributed by atoms with E-state index in [4.69, 9.17) is 16.3 Å². The lowest BCUT2D eigenvalue weighted by molar-refractivity contribution is -0.129. The molecule has 2 aromatic rings. The smallest absolute Gasteiger partial charge is 0.251 e. The van der Waals surface area contributed by atoms with Crippen molar-refractivity contribution in [1.82, 2.24) is 10.2 Å². The first-order valence-electron chi connectivity index (χ1n) is 7.62. The molecule has 2 rings (SSSR count). The summed E-state index contributed by atoms with van der Waals surface area (Å²) in [6.45, 7) is 0.470. The van der Waals surface area contributed by atoms with Gasteiger partial charge in [-0.2, -0.15) is 0 Å².